The lowest BCUT2D eigenvalue weighted by Gasteiger charge is -2.26. The number of aromatic nitrogens is 6. The van der Waals surface area contributed by atoms with Crippen LogP contribution >= 0.6 is 0 Å². The van der Waals surface area contributed by atoms with E-state index in [1.54, 1.807) is 0 Å². The van der Waals surface area contributed by atoms with Gasteiger partial charge < -0.3 is 10.1 Å². The summed E-state index contributed by atoms with van der Waals surface area (Å²) in [5, 5.41) is 16.7. The van der Waals surface area contributed by atoms with Crippen LogP contribution in [0.2, 0.25) is 0 Å². The summed E-state index contributed by atoms with van der Waals surface area (Å²) in [7, 11) is 0. The molecule has 1 saturated heterocycles. The van der Waals surface area contributed by atoms with Crippen molar-refractivity contribution in [3.8, 4) is 0 Å². The van der Waals surface area contributed by atoms with Crippen LogP contribution < -0.4 is 5.32 Å². The molecule has 0 aliphatic carbocycles. The summed E-state index contributed by atoms with van der Waals surface area (Å²) in [4.78, 5) is 12.2. The number of aryl methyl sites for hydroxylation is 3. The van der Waals surface area contributed by atoms with Crippen molar-refractivity contribution in [1.29, 1.82) is 0 Å². The Balaban J connectivity index is 1.35. The minimum Gasteiger partial charge on any atom is -0.379 e. The van der Waals surface area contributed by atoms with Crippen LogP contribution in [0, 0.1) is 13.8 Å². The molecule has 4 heterocycles. The van der Waals surface area contributed by atoms with Crippen LogP contribution in [0.25, 0.3) is 16.6 Å². The lowest BCUT2D eigenvalue weighted by molar-refractivity contribution is 0.0378. The molecule has 0 unspecified atom stereocenters. The molecular formula is C23H30N8O. The summed E-state index contributed by atoms with van der Waals surface area (Å²) in [6.45, 7) is 9.68. The van der Waals surface area contributed by atoms with Crippen LogP contribution in [0.5, 0.6) is 0 Å². The van der Waals surface area contributed by atoms with Gasteiger partial charge in [-0.3, -0.25) is 10.00 Å². The quantitative estimate of drug-likeness (QED) is 0.411. The molecular weight excluding hydrogens is 404 g/mol. The maximum absolute atomic E-state index is 5.43. The molecule has 9 heteroatoms. The number of fused-ring (bicyclic) bond motifs is 3. The van der Waals surface area contributed by atoms with Gasteiger partial charge in [-0.1, -0.05) is 12.1 Å². The number of ether oxygens (including phenoxy) is 1. The van der Waals surface area contributed by atoms with E-state index in [0.29, 0.717) is 0 Å². The third-order valence-electron chi connectivity index (χ3n) is 6.14. The highest BCUT2D eigenvalue weighted by atomic mass is 16.5. The van der Waals surface area contributed by atoms with Crippen LogP contribution in [-0.2, 0) is 17.6 Å². The lowest BCUT2D eigenvalue weighted by atomic mass is 10.1. The van der Waals surface area contributed by atoms with E-state index in [9.17, 15) is 0 Å². The fourth-order valence-corrected chi connectivity index (χ4v) is 4.33. The first-order valence-electron chi connectivity index (χ1n) is 11.4. The Morgan fingerprint density at radius 1 is 1.09 bits per heavy atom. The number of nitrogens with zero attached hydrogens (tertiary/aromatic N) is 6. The minimum atomic E-state index is 0.745. The first-order valence-corrected chi connectivity index (χ1v) is 11.4. The highest BCUT2D eigenvalue weighted by molar-refractivity contribution is 5.92. The predicted molar refractivity (Wildman–Crippen MR) is 124 cm³/mol. The van der Waals surface area contributed by atoms with E-state index < -0.39 is 0 Å². The molecule has 0 atom stereocenters. The van der Waals surface area contributed by atoms with Gasteiger partial charge in [-0.2, -0.15) is 9.61 Å². The SMILES string of the molecule is Cc1n[nH]c(C)c1CCc1nc2c3ccccc3nc(NCCCN3CCOCC3)n2n1. The fourth-order valence-electron chi connectivity index (χ4n) is 4.33. The minimum absolute atomic E-state index is 0.745. The second-order valence-electron chi connectivity index (χ2n) is 8.36. The highest BCUT2D eigenvalue weighted by Gasteiger charge is 2.15. The number of morpholine rings is 1. The van der Waals surface area contributed by atoms with E-state index >= 15 is 0 Å². The maximum Gasteiger partial charge on any atom is 0.226 e. The molecule has 1 aromatic carbocycles. The number of aromatic amines is 1. The van der Waals surface area contributed by atoms with Crippen LogP contribution in [0.3, 0.4) is 0 Å². The zero-order valence-corrected chi connectivity index (χ0v) is 18.8. The Morgan fingerprint density at radius 3 is 2.75 bits per heavy atom. The van der Waals surface area contributed by atoms with Crippen molar-refractivity contribution in [3.05, 3.63) is 47.0 Å². The summed E-state index contributed by atoms with van der Waals surface area (Å²) in [5.74, 6) is 1.56. The zero-order chi connectivity index (χ0) is 21.9. The van der Waals surface area contributed by atoms with Gasteiger partial charge in [0.25, 0.3) is 0 Å². The molecule has 32 heavy (non-hydrogen) atoms. The molecule has 0 spiro atoms. The number of benzene rings is 1. The van der Waals surface area contributed by atoms with Gasteiger partial charge in [-0.15, -0.1) is 5.10 Å². The number of hydrogen-bond acceptors (Lipinski definition) is 7. The van der Waals surface area contributed by atoms with Crippen molar-refractivity contribution in [2.24, 2.45) is 0 Å². The van der Waals surface area contributed by atoms with E-state index in [1.807, 2.05) is 29.6 Å². The molecule has 0 bridgehead atoms. The molecule has 9 nitrogen and oxygen atoms in total. The standard InChI is InChI=1S/C23H30N8O/c1-16-18(17(2)28-27-16)8-9-21-26-22-19-6-3-4-7-20(19)25-23(31(22)29-21)24-10-5-11-30-12-14-32-15-13-30/h3-4,6-7H,5,8-15H2,1-2H3,(H,24,25)(H,27,28). The average Bonchev–Trinajstić information content (AvgIpc) is 3.39. The first-order chi connectivity index (χ1) is 15.7. The number of anilines is 1. The number of H-pyrrole nitrogens is 1. The summed E-state index contributed by atoms with van der Waals surface area (Å²) in [5.41, 5.74) is 5.17. The third-order valence-corrected chi connectivity index (χ3v) is 6.14. The Kier molecular flexibility index (Phi) is 6.00. The molecule has 168 valence electrons. The van der Waals surface area contributed by atoms with Gasteiger partial charge in [-0.05, 0) is 50.9 Å². The van der Waals surface area contributed by atoms with Crippen LogP contribution in [0.4, 0.5) is 5.95 Å². The van der Waals surface area contributed by atoms with Gasteiger partial charge in [-0.25, -0.2) is 9.97 Å². The van der Waals surface area contributed by atoms with Gasteiger partial charge in [0.15, 0.2) is 11.5 Å². The topological polar surface area (TPSA) is 96.3 Å². The van der Waals surface area contributed by atoms with Crippen molar-refractivity contribution in [3.63, 3.8) is 0 Å². The molecule has 0 radical (unpaired) electrons. The Morgan fingerprint density at radius 2 is 1.94 bits per heavy atom. The highest BCUT2D eigenvalue weighted by Crippen LogP contribution is 2.21. The first kappa shape index (κ1) is 20.8. The van der Waals surface area contributed by atoms with E-state index in [0.717, 1.165) is 98.4 Å². The monoisotopic (exact) mass is 434 g/mol. The molecule has 3 aromatic heterocycles. The van der Waals surface area contributed by atoms with Crippen molar-refractivity contribution < 1.29 is 4.74 Å². The Labute approximate surface area is 187 Å². The average molecular weight is 435 g/mol. The van der Waals surface area contributed by atoms with E-state index in [-0.39, 0.29) is 0 Å². The lowest BCUT2D eigenvalue weighted by Crippen LogP contribution is -2.37. The third kappa shape index (κ3) is 4.31. The van der Waals surface area contributed by atoms with Crippen molar-refractivity contribution in [1.82, 2.24) is 34.7 Å². The van der Waals surface area contributed by atoms with E-state index in [1.165, 1.54) is 5.56 Å². The molecule has 0 amide bonds. The number of para-hydroxylation sites is 1. The summed E-state index contributed by atoms with van der Waals surface area (Å²) < 4.78 is 7.29. The molecule has 4 aromatic rings. The Hall–Kier alpha value is -3.04. The molecule has 1 aliphatic rings. The van der Waals surface area contributed by atoms with Gasteiger partial charge >= 0.3 is 0 Å². The van der Waals surface area contributed by atoms with Gasteiger partial charge in [0.05, 0.1) is 24.4 Å². The van der Waals surface area contributed by atoms with Crippen LogP contribution in [-0.4, -0.2) is 74.1 Å². The predicted octanol–water partition coefficient (Wildman–Crippen LogP) is 2.54. The molecule has 2 N–H and O–H groups in total. The number of hydrogen-bond donors (Lipinski definition) is 2. The van der Waals surface area contributed by atoms with E-state index in [4.69, 9.17) is 19.8 Å². The van der Waals surface area contributed by atoms with Gasteiger partial charge in [0.2, 0.25) is 5.95 Å². The van der Waals surface area contributed by atoms with Gasteiger partial charge in [0.1, 0.15) is 0 Å². The number of nitrogens with one attached hydrogen (secondary N) is 2. The van der Waals surface area contributed by atoms with Crippen molar-refractivity contribution in [2.45, 2.75) is 33.1 Å². The second kappa shape index (κ2) is 9.22. The van der Waals surface area contributed by atoms with E-state index in [2.05, 4.69) is 33.4 Å². The largest absolute Gasteiger partial charge is 0.379 e. The second-order valence-corrected chi connectivity index (χ2v) is 8.36. The van der Waals surface area contributed by atoms with Crippen LogP contribution in [0.1, 0.15) is 29.2 Å². The molecule has 1 aliphatic heterocycles. The number of rotatable bonds is 8. The summed E-state index contributed by atoms with van der Waals surface area (Å²) >= 11 is 0. The summed E-state index contributed by atoms with van der Waals surface area (Å²) in [6, 6.07) is 8.12. The molecule has 0 saturated carbocycles. The molecule has 5 rings (SSSR count). The smallest absolute Gasteiger partial charge is 0.226 e. The Bertz CT molecular complexity index is 1190. The molecule has 1 fully saturated rings. The normalized spacial score (nSPS) is 15.1. The van der Waals surface area contributed by atoms with Crippen molar-refractivity contribution in [2.75, 3.05) is 44.7 Å². The fraction of sp³-hybridized carbons (Fsp3) is 0.478. The van der Waals surface area contributed by atoms with Crippen molar-refractivity contribution >= 4 is 22.5 Å². The maximum atomic E-state index is 5.43. The summed E-state index contributed by atoms with van der Waals surface area (Å²) in [6.07, 6.45) is 2.66. The zero-order valence-electron chi connectivity index (χ0n) is 18.8. The van der Waals surface area contributed by atoms with Crippen LogP contribution in [0.15, 0.2) is 24.3 Å². The van der Waals surface area contributed by atoms with Gasteiger partial charge in [0, 0.05) is 37.1 Å².